The summed E-state index contributed by atoms with van der Waals surface area (Å²) in [6, 6.07) is 12.6. The van der Waals surface area contributed by atoms with Gasteiger partial charge in [-0.3, -0.25) is 9.59 Å². The lowest BCUT2D eigenvalue weighted by Crippen LogP contribution is -2.45. The molecule has 0 bridgehead atoms. The van der Waals surface area contributed by atoms with Gasteiger partial charge in [0.1, 0.15) is 12.6 Å². The Kier molecular flexibility index (Phi) is 10.9. The molecule has 196 valence electrons. The molecular weight excluding hydrogens is 476 g/mol. The van der Waals surface area contributed by atoms with Crippen LogP contribution in [0.2, 0.25) is 0 Å². The third-order valence-corrected chi connectivity index (χ3v) is 6.07. The number of nitrogens with one attached hydrogen (secondary N) is 1. The maximum atomic E-state index is 12.6. The summed E-state index contributed by atoms with van der Waals surface area (Å²) < 4.78 is 7.08. The largest absolute Gasteiger partial charge is 0.463 e. The quantitative estimate of drug-likeness (QED) is 0.445. The predicted molar refractivity (Wildman–Crippen MR) is 149 cm³/mol. The topological polar surface area (TPSA) is 106 Å². The zero-order valence-corrected chi connectivity index (χ0v) is 21.2. The molecule has 0 unspecified atom stereocenters. The number of carbonyl (C=O) groups excluding carboxylic acids is 2. The van der Waals surface area contributed by atoms with Crippen LogP contribution in [0.4, 0.5) is 5.69 Å². The van der Waals surface area contributed by atoms with E-state index in [4.69, 9.17) is 10.5 Å². The number of nitrogens with two attached hydrogens (primary N) is 1. The lowest BCUT2D eigenvalue weighted by Gasteiger charge is -2.32. The number of aryl methyl sites for hydroxylation is 1. The Labute approximate surface area is 220 Å². The molecule has 0 aliphatic carbocycles. The Morgan fingerprint density at radius 1 is 1.14 bits per heavy atom. The Morgan fingerprint density at radius 2 is 1.89 bits per heavy atom. The van der Waals surface area contributed by atoms with E-state index in [1.807, 2.05) is 48.0 Å². The van der Waals surface area contributed by atoms with E-state index < -0.39 is 11.9 Å². The molecule has 3 aromatic rings. The summed E-state index contributed by atoms with van der Waals surface area (Å²) in [6.45, 7) is 6.41. The fourth-order valence-electron chi connectivity index (χ4n) is 3.95. The van der Waals surface area contributed by atoms with Gasteiger partial charge in [-0.1, -0.05) is 19.6 Å². The van der Waals surface area contributed by atoms with Gasteiger partial charge in [0.15, 0.2) is 0 Å². The van der Waals surface area contributed by atoms with Crippen molar-refractivity contribution in [2.24, 2.45) is 5.73 Å². The smallest absolute Gasteiger partial charge is 0.307 e. The molecule has 2 heterocycles. The van der Waals surface area contributed by atoms with Crippen molar-refractivity contribution in [2.75, 3.05) is 51.7 Å². The van der Waals surface area contributed by atoms with Gasteiger partial charge in [-0.25, -0.2) is 4.68 Å². The molecule has 2 aromatic carbocycles. The first-order valence-corrected chi connectivity index (χ1v) is 11.6. The van der Waals surface area contributed by atoms with E-state index in [2.05, 4.69) is 27.3 Å². The molecular formula is C26H38N6O3S. The van der Waals surface area contributed by atoms with Gasteiger partial charge in [-0.15, -0.1) is 0 Å². The average molecular weight is 515 g/mol. The van der Waals surface area contributed by atoms with E-state index in [1.165, 1.54) is 0 Å². The van der Waals surface area contributed by atoms with Gasteiger partial charge < -0.3 is 25.6 Å². The van der Waals surface area contributed by atoms with Crippen LogP contribution in [-0.2, 0) is 14.3 Å². The second kappa shape index (κ2) is 13.4. The highest BCUT2D eigenvalue weighted by Crippen LogP contribution is 2.22. The van der Waals surface area contributed by atoms with Crippen molar-refractivity contribution in [3.63, 3.8) is 0 Å². The molecule has 1 atom stereocenters. The van der Waals surface area contributed by atoms with Crippen LogP contribution in [0.3, 0.4) is 0 Å². The Hall–Kier alpha value is -2.92. The number of aromatic nitrogens is 2. The normalized spacial score (nSPS) is 15.0. The van der Waals surface area contributed by atoms with Crippen LogP contribution in [0.5, 0.6) is 0 Å². The predicted octanol–water partition coefficient (Wildman–Crippen LogP) is 2.53. The van der Waals surface area contributed by atoms with Crippen LogP contribution in [-0.4, -0.2) is 83.9 Å². The molecule has 1 fully saturated rings. The van der Waals surface area contributed by atoms with E-state index in [-0.39, 0.29) is 39.9 Å². The monoisotopic (exact) mass is 514 g/mol. The van der Waals surface area contributed by atoms with Crippen molar-refractivity contribution < 1.29 is 14.3 Å². The number of rotatable bonds is 8. The first kappa shape index (κ1) is 29.3. The highest BCUT2D eigenvalue weighted by Gasteiger charge is 2.19. The summed E-state index contributed by atoms with van der Waals surface area (Å²) in [7, 11) is 2.09. The second-order valence-electron chi connectivity index (χ2n) is 8.84. The maximum Gasteiger partial charge on any atom is 0.307 e. The number of carbonyl (C=O) groups is 2. The highest BCUT2D eigenvalue weighted by molar-refractivity contribution is 7.59. The minimum Gasteiger partial charge on any atom is -0.463 e. The Morgan fingerprint density at radius 3 is 2.61 bits per heavy atom. The number of likely N-dealkylation sites (N-methyl/N-ethyl adjacent to an activating group) is 1. The minimum absolute atomic E-state index is 0. The standard InChI is InChI=1S/C25H32N6O3.CH4.H2S/c1-18-4-3-5-21(14-18)31-23-15-20(7-6-19(23)16-27-31)28-25(33)22(26)17-34-24(32)8-9-30-12-10-29(2)11-13-30;;/h3-7,14-16,22H,8-13,17,26H2,1-2H3,(H,28,33);1H4;1H2/t22-;;/m0../s1. The fourth-order valence-corrected chi connectivity index (χ4v) is 3.95. The third-order valence-electron chi connectivity index (χ3n) is 6.07. The van der Waals surface area contributed by atoms with Crippen LogP contribution in [0.15, 0.2) is 48.7 Å². The molecule has 36 heavy (non-hydrogen) atoms. The number of nitrogens with zero attached hydrogens (tertiary/aromatic N) is 4. The van der Waals surface area contributed by atoms with Gasteiger partial charge in [0.05, 0.1) is 23.8 Å². The number of anilines is 1. The third kappa shape index (κ3) is 7.54. The maximum absolute atomic E-state index is 12.6. The summed E-state index contributed by atoms with van der Waals surface area (Å²) in [5.74, 6) is -0.751. The molecule has 0 radical (unpaired) electrons. The first-order chi connectivity index (χ1) is 16.4. The number of amides is 1. The average Bonchev–Trinajstić information content (AvgIpc) is 3.25. The van der Waals surface area contributed by atoms with Crippen molar-refractivity contribution in [1.29, 1.82) is 0 Å². The number of esters is 1. The SMILES string of the molecule is C.Cc1cccc(-n2ncc3ccc(NC(=O)[C@@H](N)COC(=O)CCN4CCN(C)CC4)cc32)c1.S. The molecule has 1 aliphatic rings. The molecule has 0 saturated carbocycles. The van der Waals surface area contributed by atoms with Crippen LogP contribution < -0.4 is 11.1 Å². The molecule has 1 aliphatic heterocycles. The molecule has 1 saturated heterocycles. The summed E-state index contributed by atoms with van der Waals surface area (Å²) in [4.78, 5) is 29.2. The van der Waals surface area contributed by atoms with Crippen molar-refractivity contribution in [2.45, 2.75) is 26.8 Å². The first-order valence-electron chi connectivity index (χ1n) is 11.6. The molecule has 1 amide bonds. The fraction of sp³-hybridized carbons (Fsp3) is 0.423. The van der Waals surface area contributed by atoms with Gasteiger partial charge in [0.2, 0.25) is 5.91 Å². The van der Waals surface area contributed by atoms with E-state index in [0.717, 1.165) is 48.3 Å². The molecule has 4 rings (SSSR count). The van der Waals surface area contributed by atoms with E-state index in [9.17, 15) is 9.59 Å². The van der Waals surface area contributed by atoms with Gasteiger partial charge in [0.25, 0.3) is 0 Å². The van der Waals surface area contributed by atoms with Gasteiger partial charge in [-0.05, 0) is 49.9 Å². The molecule has 0 spiro atoms. The van der Waals surface area contributed by atoms with E-state index in [1.54, 1.807) is 12.3 Å². The summed E-state index contributed by atoms with van der Waals surface area (Å²) in [5.41, 5.74) is 9.52. The van der Waals surface area contributed by atoms with E-state index in [0.29, 0.717) is 12.2 Å². The number of fused-ring (bicyclic) bond motifs is 1. The van der Waals surface area contributed by atoms with Crippen LogP contribution in [0.1, 0.15) is 19.4 Å². The van der Waals surface area contributed by atoms with E-state index >= 15 is 0 Å². The zero-order valence-electron chi connectivity index (χ0n) is 20.2. The number of hydrogen-bond donors (Lipinski definition) is 2. The van der Waals surface area contributed by atoms with Crippen LogP contribution in [0, 0.1) is 6.92 Å². The number of piperazine rings is 1. The summed E-state index contributed by atoms with van der Waals surface area (Å²) in [5, 5.41) is 8.25. The number of ether oxygens (including phenoxy) is 1. The van der Waals surface area contributed by atoms with Gasteiger partial charge in [0, 0.05) is 43.8 Å². The second-order valence-corrected chi connectivity index (χ2v) is 8.84. The van der Waals surface area contributed by atoms with Crippen molar-refractivity contribution in [1.82, 2.24) is 19.6 Å². The molecule has 10 heteroatoms. The Bertz CT molecular complexity index is 1160. The summed E-state index contributed by atoms with van der Waals surface area (Å²) >= 11 is 0. The summed E-state index contributed by atoms with van der Waals surface area (Å²) in [6.07, 6.45) is 2.08. The minimum atomic E-state index is -0.954. The Balaban J connectivity index is 0.00000228. The van der Waals surface area contributed by atoms with Crippen molar-refractivity contribution in [3.8, 4) is 5.69 Å². The zero-order chi connectivity index (χ0) is 24.1. The lowest BCUT2D eigenvalue weighted by molar-refractivity contribution is -0.145. The van der Waals surface area contributed by atoms with Crippen LogP contribution >= 0.6 is 13.5 Å². The van der Waals surface area contributed by atoms with Crippen LogP contribution in [0.25, 0.3) is 16.6 Å². The lowest BCUT2D eigenvalue weighted by atomic mass is 10.2. The molecule has 3 N–H and O–H groups in total. The van der Waals surface area contributed by atoms with Crippen molar-refractivity contribution in [3.05, 3.63) is 54.2 Å². The van der Waals surface area contributed by atoms with Crippen molar-refractivity contribution >= 4 is 42.0 Å². The van der Waals surface area contributed by atoms with Gasteiger partial charge >= 0.3 is 5.97 Å². The number of benzene rings is 2. The number of hydrogen-bond acceptors (Lipinski definition) is 7. The molecule has 9 nitrogen and oxygen atoms in total. The van der Waals surface area contributed by atoms with Gasteiger partial charge in [-0.2, -0.15) is 18.6 Å². The molecule has 1 aromatic heterocycles. The highest BCUT2D eigenvalue weighted by atomic mass is 32.1.